The number of ether oxygens (including phenoxy) is 1. The number of nitrogens with zero attached hydrogens (tertiary/aromatic N) is 3. The Bertz CT molecular complexity index is 775. The number of anilines is 1. The Kier molecular flexibility index (Phi) is 3.97. The Morgan fingerprint density at radius 3 is 2.96 bits per heavy atom. The third kappa shape index (κ3) is 2.49. The van der Waals surface area contributed by atoms with Crippen molar-refractivity contribution in [3.8, 4) is 0 Å². The minimum Gasteiger partial charge on any atom is -0.367 e. The number of morpholine rings is 1. The molecule has 0 N–H and O–H groups in total. The summed E-state index contributed by atoms with van der Waals surface area (Å²) in [5, 5.41) is 0.576. The van der Waals surface area contributed by atoms with Gasteiger partial charge in [-0.15, -0.1) is 0 Å². The van der Waals surface area contributed by atoms with Gasteiger partial charge in [-0.2, -0.15) is 0 Å². The first-order chi connectivity index (χ1) is 11.6. The van der Waals surface area contributed by atoms with Crippen LogP contribution in [0.25, 0.3) is 0 Å². The second-order valence-corrected chi connectivity index (χ2v) is 7.00. The fraction of sp³-hybridized carbons (Fsp3) is 0.474. The average molecular weight is 344 g/mol. The van der Waals surface area contributed by atoms with Crippen molar-refractivity contribution < 1.29 is 4.74 Å². The van der Waals surface area contributed by atoms with E-state index in [2.05, 4.69) is 41.1 Å². The molecule has 126 valence electrons. The molecule has 1 fully saturated rings. The molecule has 5 heteroatoms. The number of halogens is 1. The van der Waals surface area contributed by atoms with Crippen LogP contribution in [0.2, 0.25) is 5.15 Å². The molecule has 1 aliphatic carbocycles. The second-order valence-electron chi connectivity index (χ2n) is 6.64. The van der Waals surface area contributed by atoms with Crippen LogP contribution in [0.1, 0.15) is 35.9 Å². The van der Waals surface area contributed by atoms with Crippen LogP contribution in [0.3, 0.4) is 0 Å². The Morgan fingerprint density at radius 2 is 2.12 bits per heavy atom. The quantitative estimate of drug-likeness (QED) is 0.780. The van der Waals surface area contributed by atoms with E-state index >= 15 is 0 Å². The summed E-state index contributed by atoms with van der Waals surface area (Å²) in [6.45, 7) is 6.37. The van der Waals surface area contributed by atoms with Gasteiger partial charge in [0.1, 0.15) is 22.4 Å². The van der Waals surface area contributed by atoms with Gasteiger partial charge in [0.25, 0.3) is 0 Å². The number of aryl methyl sites for hydroxylation is 2. The smallest absolute Gasteiger partial charge is 0.138 e. The number of hydrogen-bond acceptors (Lipinski definition) is 4. The molecule has 1 saturated heterocycles. The Labute approximate surface area is 147 Å². The summed E-state index contributed by atoms with van der Waals surface area (Å²) < 4.78 is 6.32. The van der Waals surface area contributed by atoms with Gasteiger partial charge in [-0.3, -0.25) is 0 Å². The predicted molar refractivity (Wildman–Crippen MR) is 95.8 cm³/mol. The SMILES string of the molecule is CCc1c(Cl)nc(C)nc1N1CCOC2(CCc3ccccc32)C1. The third-order valence-electron chi connectivity index (χ3n) is 5.19. The lowest BCUT2D eigenvalue weighted by molar-refractivity contribution is -0.0594. The largest absolute Gasteiger partial charge is 0.367 e. The van der Waals surface area contributed by atoms with Gasteiger partial charge in [0, 0.05) is 12.1 Å². The first kappa shape index (κ1) is 15.9. The summed E-state index contributed by atoms with van der Waals surface area (Å²) in [5.41, 5.74) is 3.56. The van der Waals surface area contributed by atoms with Crippen molar-refractivity contribution in [1.29, 1.82) is 0 Å². The summed E-state index contributed by atoms with van der Waals surface area (Å²) in [4.78, 5) is 11.4. The highest BCUT2D eigenvalue weighted by molar-refractivity contribution is 6.30. The lowest BCUT2D eigenvalue weighted by atomic mass is 9.93. The van der Waals surface area contributed by atoms with E-state index in [1.165, 1.54) is 11.1 Å². The van der Waals surface area contributed by atoms with Gasteiger partial charge >= 0.3 is 0 Å². The van der Waals surface area contributed by atoms with Crippen molar-refractivity contribution in [2.24, 2.45) is 0 Å². The summed E-state index contributed by atoms with van der Waals surface area (Å²) >= 11 is 6.38. The highest BCUT2D eigenvalue weighted by atomic mass is 35.5. The average Bonchev–Trinajstić information content (AvgIpc) is 2.93. The molecule has 0 amide bonds. The second kappa shape index (κ2) is 6.01. The van der Waals surface area contributed by atoms with E-state index < -0.39 is 0 Å². The van der Waals surface area contributed by atoms with E-state index in [-0.39, 0.29) is 5.60 Å². The molecule has 2 heterocycles. The molecular formula is C19H22ClN3O. The van der Waals surface area contributed by atoms with E-state index in [0.29, 0.717) is 11.8 Å². The molecule has 1 unspecified atom stereocenters. The van der Waals surface area contributed by atoms with Gasteiger partial charge in [0.05, 0.1) is 13.2 Å². The Hall–Kier alpha value is -1.65. The number of fused-ring (bicyclic) bond motifs is 2. The van der Waals surface area contributed by atoms with E-state index in [4.69, 9.17) is 21.3 Å². The van der Waals surface area contributed by atoms with Crippen molar-refractivity contribution in [2.75, 3.05) is 24.6 Å². The maximum atomic E-state index is 6.38. The van der Waals surface area contributed by atoms with Gasteiger partial charge in [0.2, 0.25) is 0 Å². The number of hydrogen-bond donors (Lipinski definition) is 0. The van der Waals surface area contributed by atoms with Crippen LogP contribution in [-0.2, 0) is 23.2 Å². The van der Waals surface area contributed by atoms with Gasteiger partial charge in [-0.1, -0.05) is 42.8 Å². The molecule has 4 rings (SSSR count). The molecular weight excluding hydrogens is 322 g/mol. The summed E-state index contributed by atoms with van der Waals surface area (Å²) in [6.07, 6.45) is 2.94. The highest BCUT2D eigenvalue weighted by Gasteiger charge is 2.44. The summed E-state index contributed by atoms with van der Waals surface area (Å²) in [7, 11) is 0. The van der Waals surface area contributed by atoms with Gasteiger partial charge < -0.3 is 9.64 Å². The highest BCUT2D eigenvalue weighted by Crippen LogP contribution is 2.43. The molecule has 1 aromatic heterocycles. The molecule has 0 saturated carbocycles. The van der Waals surface area contributed by atoms with Crippen LogP contribution in [0, 0.1) is 6.92 Å². The van der Waals surface area contributed by atoms with Gasteiger partial charge in [-0.05, 0) is 37.3 Å². The monoisotopic (exact) mass is 343 g/mol. The van der Waals surface area contributed by atoms with Crippen LogP contribution >= 0.6 is 11.6 Å². The first-order valence-corrected chi connectivity index (χ1v) is 9.01. The van der Waals surface area contributed by atoms with Crippen LogP contribution in [0.5, 0.6) is 0 Å². The first-order valence-electron chi connectivity index (χ1n) is 8.63. The van der Waals surface area contributed by atoms with E-state index in [1.54, 1.807) is 0 Å². The molecule has 2 aromatic rings. The molecule has 4 nitrogen and oxygen atoms in total. The Balaban J connectivity index is 1.73. The number of aromatic nitrogens is 2. The van der Waals surface area contributed by atoms with Crippen LogP contribution in [-0.4, -0.2) is 29.7 Å². The molecule has 0 bridgehead atoms. The lowest BCUT2D eigenvalue weighted by Gasteiger charge is -2.42. The van der Waals surface area contributed by atoms with Crippen molar-refractivity contribution in [3.05, 3.63) is 51.9 Å². The molecule has 0 radical (unpaired) electrons. The van der Waals surface area contributed by atoms with Gasteiger partial charge in [-0.25, -0.2) is 9.97 Å². The van der Waals surface area contributed by atoms with E-state index in [0.717, 1.165) is 49.6 Å². The zero-order chi connectivity index (χ0) is 16.7. The maximum absolute atomic E-state index is 6.38. The minimum atomic E-state index is -0.217. The lowest BCUT2D eigenvalue weighted by Crippen LogP contribution is -2.49. The summed E-state index contributed by atoms with van der Waals surface area (Å²) in [6, 6.07) is 8.65. The summed E-state index contributed by atoms with van der Waals surface area (Å²) in [5.74, 6) is 1.70. The number of rotatable bonds is 2. The van der Waals surface area contributed by atoms with Gasteiger partial charge in [0.15, 0.2) is 0 Å². The Morgan fingerprint density at radius 1 is 1.29 bits per heavy atom. The standard InChI is InChI=1S/C19H22ClN3O/c1-3-15-17(20)21-13(2)22-18(15)23-10-11-24-19(12-23)9-8-14-6-4-5-7-16(14)19/h4-7H,3,8-12H2,1-2H3. The van der Waals surface area contributed by atoms with Crippen molar-refractivity contribution in [3.63, 3.8) is 0 Å². The van der Waals surface area contributed by atoms with Crippen molar-refractivity contribution in [1.82, 2.24) is 9.97 Å². The normalized spacial score (nSPS) is 22.9. The van der Waals surface area contributed by atoms with Crippen LogP contribution < -0.4 is 4.90 Å². The fourth-order valence-electron chi connectivity index (χ4n) is 4.05. The molecule has 24 heavy (non-hydrogen) atoms. The van der Waals surface area contributed by atoms with Crippen molar-refractivity contribution >= 4 is 17.4 Å². The maximum Gasteiger partial charge on any atom is 0.138 e. The topological polar surface area (TPSA) is 38.2 Å². The minimum absolute atomic E-state index is 0.217. The van der Waals surface area contributed by atoms with Crippen LogP contribution in [0.15, 0.2) is 24.3 Å². The molecule has 1 atom stereocenters. The molecule has 1 aliphatic heterocycles. The van der Waals surface area contributed by atoms with E-state index in [9.17, 15) is 0 Å². The zero-order valence-corrected chi connectivity index (χ0v) is 14.9. The zero-order valence-electron chi connectivity index (χ0n) is 14.2. The predicted octanol–water partition coefficient (Wildman–Crippen LogP) is 3.68. The van der Waals surface area contributed by atoms with Crippen LogP contribution in [0.4, 0.5) is 5.82 Å². The molecule has 1 spiro atoms. The third-order valence-corrected chi connectivity index (χ3v) is 5.50. The number of benzene rings is 1. The van der Waals surface area contributed by atoms with E-state index in [1.807, 2.05) is 6.92 Å². The molecule has 1 aromatic carbocycles. The van der Waals surface area contributed by atoms with Crippen molar-refractivity contribution in [2.45, 2.75) is 38.7 Å². The fourth-order valence-corrected chi connectivity index (χ4v) is 4.39. The molecule has 2 aliphatic rings.